The van der Waals surface area contributed by atoms with Gasteiger partial charge in [-0.15, -0.1) is 0 Å². The number of hydrazone groups is 1. The number of aromatic nitrogens is 2. The number of rotatable bonds is 6. The highest BCUT2D eigenvalue weighted by atomic mass is 35.5. The van der Waals surface area contributed by atoms with Gasteiger partial charge in [0.25, 0.3) is 5.91 Å². The van der Waals surface area contributed by atoms with Crippen LogP contribution < -0.4 is 10.2 Å². The van der Waals surface area contributed by atoms with Crippen LogP contribution in [0, 0.1) is 5.82 Å². The van der Waals surface area contributed by atoms with E-state index in [9.17, 15) is 9.18 Å². The van der Waals surface area contributed by atoms with E-state index < -0.39 is 5.91 Å². The Morgan fingerprint density at radius 2 is 1.75 bits per heavy atom. The zero-order chi connectivity index (χ0) is 22.5. The fourth-order valence-corrected chi connectivity index (χ4v) is 3.14. The van der Waals surface area contributed by atoms with Crippen molar-refractivity contribution in [1.29, 1.82) is 0 Å². The maximum absolute atomic E-state index is 13.0. The van der Waals surface area contributed by atoms with Crippen LogP contribution in [0.15, 0.2) is 84.0 Å². The molecule has 8 heteroatoms. The Hall–Kier alpha value is -3.97. The van der Waals surface area contributed by atoms with Gasteiger partial charge in [0, 0.05) is 10.6 Å². The second-order valence-corrected chi connectivity index (χ2v) is 7.22. The number of carbonyl (C=O) groups is 1. The van der Waals surface area contributed by atoms with Crippen LogP contribution in [0.3, 0.4) is 0 Å². The van der Waals surface area contributed by atoms with Crippen molar-refractivity contribution >= 4 is 23.7 Å². The summed E-state index contributed by atoms with van der Waals surface area (Å²) in [4.78, 5) is 12.7. The van der Waals surface area contributed by atoms with Crippen LogP contribution in [-0.4, -0.2) is 29.0 Å². The molecule has 0 bridgehead atoms. The molecule has 0 saturated carbocycles. The van der Waals surface area contributed by atoms with Gasteiger partial charge in [-0.2, -0.15) is 10.2 Å². The van der Waals surface area contributed by atoms with Gasteiger partial charge in [-0.3, -0.25) is 4.79 Å². The monoisotopic (exact) mass is 448 g/mol. The van der Waals surface area contributed by atoms with Crippen molar-refractivity contribution in [2.24, 2.45) is 5.10 Å². The molecule has 1 aromatic heterocycles. The molecular formula is C24H18ClFN4O2. The van der Waals surface area contributed by atoms with Crippen LogP contribution in [0.5, 0.6) is 5.75 Å². The maximum Gasteiger partial charge on any atom is 0.291 e. The summed E-state index contributed by atoms with van der Waals surface area (Å²) in [5.74, 6) is -0.113. The van der Waals surface area contributed by atoms with Crippen LogP contribution in [0.2, 0.25) is 5.02 Å². The molecule has 0 aliphatic rings. The number of nitrogens with one attached hydrogen (secondary N) is 1. The van der Waals surface area contributed by atoms with Crippen molar-refractivity contribution in [1.82, 2.24) is 15.2 Å². The third-order valence-electron chi connectivity index (χ3n) is 4.65. The Bertz CT molecular complexity index is 1250. The molecule has 0 saturated heterocycles. The fourth-order valence-electron chi connectivity index (χ4n) is 3.01. The van der Waals surface area contributed by atoms with Crippen LogP contribution in [0.25, 0.3) is 16.9 Å². The Labute approximate surface area is 188 Å². The number of methoxy groups -OCH3 is 1. The molecule has 1 amide bonds. The minimum absolute atomic E-state index is 0.182. The summed E-state index contributed by atoms with van der Waals surface area (Å²) in [5, 5.41) is 9.02. The number of nitrogens with zero attached hydrogens (tertiary/aromatic N) is 3. The molecule has 32 heavy (non-hydrogen) atoms. The number of carbonyl (C=O) groups excluding carboxylic acids is 1. The molecule has 4 aromatic rings. The predicted octanol–water partition coefficient (Wildman–Crippen LogP) is 5.10. The summed E-state index contributed by atoms with van der Waals surface area (Å²) < 4.78 is 19.9. The molecular weight excluding hydrogens is 431 g/mol. The molecule has 0 radical (unpaired) electrons. The summed E-state index contributed by atoms with van der Waals surface area (Å²) >= 11 is 6.02. The molecule has 4 rings (SSSR count). The lowest BCUT2D eigenvalue weighted by Gasteiger charge is -2.08. The molecule has 1 heterocycles. The van der Waals surface area contributed by atoms with E-state index >= 15 is 0 Å². The van der Waals surface area contributed by atoms with Crippen molar-refractivity contribution < 1.29 is 13.9 Å². The predicted molar refractivity (Wildman–Crippen MR) is 122 cm³/mol. The van der Waals surface area contributed by atoms with E-state index in [0.717, 1.165) is 11.3 Å². The summed E-state index contributed by atoms with van der Waals surface area (Å²) in [6.45, 7) is 0. The largest absolute Gasteiger partial charge is 0.497 e. The number of ether oxygens (including phenoxy) is 1. The number of amides is 1. The lowest BCUT2D eigenvalue weighted by molar-refractivity contribution is 0.0949. The third-order valence-corrected chi connectivity index (χ3v) is 4.90. The minimum atomic E-state index is -0.481. The highest BCUT2D eigenvalue weighted by Gasteiger charge is 2.17. The second-order valence-electron chi connectivity index (χ2n) is 6.78. The van der Waals surface area contributed by atoms with Gasteiger partial charge < -0.3 is 4.74 Å². The van der Waals surface area contributed by atoms with Crippen molar-refractivity contribution in [2.75, 3.05) is 7.11 Å². The smallest absolute Gasteiger partial charge is 0.291 e. The normalized spacial score (nSPS) is 11.0. The maximum atomic E-state index is 13.0. The topological polar surface area (TPSA) is 68.5 Å². The zero-order valence-corrected chi connectivity index (χ0v) is 17.8. The summed E-state index contributed by atoms with van der Waals surface area (Å²) in [5.41, 5.74) is 5.59. The molecule has 6 nitrogen and oxygen atoms in total. The number of hydrogen-bond donors (Lipinski definition) is 1. The Balaban J connectivity index is 1.63. The van der Waals surface area contributed by atoms with E-state index in [-0.39, 0.29) is 11.5 Å². The third kappa shape index (κ3) is 4.84. The van der Waals surface area contributed by atoms with Gasteiger partial charge in [0.2, 0.25) is 0 Å². The van der Waals surface area contributed by atoms with Crippen molar-refractivity contribution in [3.63, 3.8) is 0 Å². The quantitative estimate of drug-likeness (QED) is 0.329. The molecule has 0 aliphatic heterocycles. The van der Waals surface area contributed by atoms with Crippen molar-refractivity contribution in [2.45, 2.75) is 0 Å². The number of halogens is 2. The van der Waals surface area contributed by atoms with E-state index in [2.05, 4.69) is 15.6 Å². The average molecular weight is 449 g/mol. The van der Waals surface area contributed by atoms with E-state index in [1.54, 1.807) is 42.1 Å². The van der Waals surface area contributed by atoms with Crippen molar-refractivity contribution in [3.05, 3.63) is 101 Å². The fraction of sp³-hybridized carbons (Fsp3) is 0.0417. The van der Waals surface area contributed by atoms with Gasteiger partial charge in [0.15, 0.2) is 5.69 Å². The van der Waals surface area contributed by atoms with E-state index in [1.807, 2.05) is 36.4 Å². The van der Waals surface area contributed by atoms with Crippen LogP contribution in [0.1, 0.15) is 16.1 Å². The average Bonchev–Trinajstić information content (AvgIpc) is 3.26. The summed E-state index contributed by atoms with van der Waals surface area (Å²) in [6, 6.07) is 22.0. The summed E-state index contributed by atoms with van der Waals surface area (Å²) in [6.07, 6.45) is 1.43. The van der Waals surface area contributed by atoms with Crippen LogP contribution in [-0.2, 0) is 0 Å². The Kier molecular flexibility index (Phi) is 6.28. The van der Waals surface area contributed by atoms with Gasteiger partial charge >= 0.3 is 0 Å². The first kappa shape index (κ1) is 21.3. The number of hydrogen-bond acceptors (Lipinski definition) is 4. The molecule has 160 valence electrons. The minimum Gasteiger partial charge on any atom is -0.497 e. The first-order valence-electron chi connectivity index (χ1n) is 9.63. The lowest BCUT2D eigenvalue weighted by Crippen LogP contribution is -2.18. The molecule has 0 atom stereocenters. The SMILES string of the molecule is COc1ccc(-n2nc(C(=O)N/N=C\c3ccc(F)cc3)cc2-c2ccc(Cl)cc2)cc1. The van der Waals surface area contributed by atoms with E-state index in [0.29, 0.717) is 22.0 Å². The molecule has 0 spiro atoms. The molecule has 1 N–H and O–H groups in total. The van der Waals surface area contributed by atoms with Crippen LogP contribution >= 0.6 is 11.6 Å². The highest BCUT2D eigenvalue weighted by Crippen LogP contribution is 2.26. The second kappa shape index (κ2) is 9.45. The first-order valence-corrected chi connectivity index (χ1v) is 10.0. The zero-order valence-electron chi connectivity index (χ0n) is 17.0. The summed E-state index contributed by atoms with van der Waals surface area (Å²) in [7, 11) is 1.59. The van der Waals surface area contributed by atoms with Gasteiger partial charge in [0.1, 0.15) is 11.6 Å². The molecule has 0 unspecified atom stereocenters. The Morgan fingerprint density at radius 3 is 2.41 bits per heavy atom. The lowest BCUT2D eigenvalue weighted by atomic mass is 10.1. The van der Waals surface area contributed by atoms with Gasteiger partial charge in [-0.25, -0.2) is 14.5 Å². The van der Waals surface area contributed by atoms with E-state index in [4.69, 9.17) is 16.3 Å². The number of benzene rings is 3. The highest BCUT2D eigenvalue weighted by molar-refractivity contribution is 6.30. The van der Waals surface area contributed by atoms with Crippen LogP contribution in [0.4, 0.5) is 4.39 Å². The van der Waals surface area contributed by atoms with Gasteiger partial charge in [-0.1, -0.05) is 35.9 Å². The van der Waals surface area contributed by atoms with Gasteiger partial charge in [0.05, 0.1) is 24.7 Å². The van der Waals surface area contributed by atoms with Gasteiger partial charge in [-0.05, 0) is 60.2 Å². The molecule has 0 aliphatic carbocycles. The van der Waals surface area contributed by atoms with E-state index in [1.165, 1.54) is 18.3 Å². The standard InChI is InChI=1S/C24H18ClFN4O2/c1-32-21-12-10-20(11-13-21)30-23(17-4-6-18(25)7-5-17)14-22(29-30)24(31)28-27-15-16-2-8-19(26)9-3-16/h2-15H,1H3,(H,28,31)/b27-15-. The van der Waals surface area contributed by atoms with Crippen molar-refractivity contribution in [3.8, 4) is 22.7 Å². The Morgan fingerprint density at radius 1 is 1.06 bits per heavy atom. The first-order chi connectivity index (χ1) is 15.5. The molecule has 0 fully saturated rings. The molecule has 3 aromatic carbocycles.